The smallest absolute Gasteiger partial charge is 0.259 e. The molecule has 2 aliphatic rings. The van der Waals surface area contributed by atoms with Gasteiger partial charge in [-0.25, -0.2) is 0 Å². The van der Waals surface area contributed by atoms with Crippen molar-refractivity contribution in [2.75, 3.05) is 46.6 Å². The number of unbranched alkanes of at least 4 members (excludes halogenated alkanes) is 1. The number of benzene rings is 1. The molecule has 200 valence electrons. The van der Waals surface area contributed by atoms with E-state index in [2.05, 4.69) is 28.8 Å². The molecule has 2 fully saturated rings. The molecule has 37 heavy (non-hydrogen) atoms. The fraction of sp³-hybridized carbons (Fsp3) is 0.607. The number of methoxy groups -OCH3 is 1. The van der Waals surface area contributed by atoms with Gasteiger partial charge in [-0.15, -0.1) is 0 Å². The summed E-state index contributed by atoms with van der Waals surface area (Å²) in [5.74, 6) is 0.0502. The second kappa shape index (κ2) is 10.9. The fourth-order valence-electron chi connectivity index (χ4n) is 5.94. The third-order valence-electron chi connectivity index (χ3n) is 8.09. The number of hydrogen-bond acceptors (Lipinski definition) is 6. The lowest BCUT2D eigenvalue weighted by atomic mass is 10.00. The summed E-state index contributed by atoms with van der Waals surface area (Å²) >= 11 is 0. The zero-order valence-corrected chi connectivity index (χ0v) is 22.5. The lowest BCUT2D eigenvalue weighted by Gasteiger charge is -2.44. The third-order valence-corrected chi connectivity index (χ3v) is 8.09. The van der Waals surface area contributed by atoms with Gasteiger partial charge in [-0.1, -0.05) is 0 Å². The summed E-state index contributed by atoms with van der Waals surface area (Å²) in [5, 5.41) is 6.04. The first kappa shape index (κ1) is 25.9. The van der Waals surface area contributed by atoms with Crippen molar-refractivity contribution in [3.63, 3.8) is 0 Å². The number of ether oxygens (including phenoxy) is 2. The molecule has 2 atom stereocenters. The zero-order chi connectivity index (χ0) is 26.1. The highest BCUT2D eigenvalue weighted by Crippen LogP contribution is 2.31. The minimum Gasteiger partial charge on any atom is -0.385 e. The van der Waals surface area contributed by atoms with Crippen LogP contribution in [-0.4, -0.2) is 89.1 Å². The maximum Gasteiger partial charge on any atom is 0.259 e. The number of nitrogens with zero attached hydrogens (tertiary/aromatic N) is 4. The summed E-state index contributed by atoms with van der Waals surface area (Å²) in [6, 6.07) is 4.49. The topological polar surface area (TPSA) is 92.7 Å². The average molecular weight is 510 g/mol. The molecule has 4 heterocycles. The van der Waals surface area contributed by atoms with Crippen LogP contribution in [0.15, 0.2) is 23.1 Å². The first-order valence-corrected chi connectivity index (χ1v) is 13.5. The summed E-state index contributed by atoms with van der Waals surface area (Å²) in [6.45, 7) is 11.0. The molecule has 1 aromatic carbocycles. The van der Waals surface area contributed by atoms with Crippen molar-refractivity contribution >= 4 is 27.7 Å². The van der Waals surface area contributed by atoms with Gasteiger partial charge in [-0.3, -0.25) is 19.2 Å². The number of aromatic amines is 1. The van der Waals surface area contributed by atoms with Gasteiger partial charge in [0, 0.05) is 63.1 Å². The first-order valence-electron chi connectivity index (χ1n) is 13.5. The third kappa shape index (κ3) is 5.04. The van der Waals surface area contributed by atoms with Crippen molar-refractivity contribution < 1.29 is 14.3 Å². The normalized spacial score (nSPS) is 21.8. The van der Waals surface area contributed by atoms with E-state index in [1.807, 2.05) is 28.6 Å². The average Bonchev–Trinajstić information content (AvgIpc) is 3.34. The van der Waals surface area contributed by atoms with Gasteiger partial charge in [0.15, 0.2) is 0 Å². The largest absolute Gasteiger partial charge is 0.385 e. The van der Waals surface area contributed by atoms with Crippen LogP contribution in [0, 0.1) is 6.92 Å². The van der Waals surface area contributed by atoms with Gasteiger partial charge < -0.3 is 19.4 Å². The number of carbonyl (C=O) groups excluding carboxylic acids is 1. The minimum atomic E-state index is -0.150. The number of rotatable bonds is 7. The number of aromatic nitrogens is 3. The van der Waals surface area contributed by atoms with Gasteiger partial charge in [0.2, 0.25) is 0 Å². The van der Waals surface area contributed by atoms with Gasteiger partial charge >= 0.3 is 0 Å². The maximum absolute atomic E-state index is 13.9. The van der Waals surface area contributed by atoms with Gasteiger partial charge in [-0.2, -0.15) is 5.10 Å². The Labute approximate surface area is 217 Å². The Balaban J connectivity index is 1.46. The second-order valence-corrected chi connectivity index (χ2v) is 10.7. The molecular weight excluding hydrogens is 470 g/mol. The number of pyridine rings is 1. The molecule has 0 bridgehead atoms. The number of fused-ring (bicyclic) bond motifs is 3. The van der Waals surface area contributed by atoms with Crippen molar-refractivity contribution in [3.8, 4) is 0 Å². The Bertz CT molecular complexity index is 1330. The van der Waals surface area contributed by atoms with E-state index in [0.717, 1.165) is 67.4 Å². The minimum absolute atomic E-state index is 0.0502. The number of aryl methyl sites for hydroxylation is 1. The number of amides is 1. The Hall–Kier alpha value is -2.75. The van der Waals surface area contributed by atoms with Crippen LogP contribution in [0.25, 0.3) is 21.8 Å². The Morgan fingerprint density at radius 3 is 2.68 bits per heavy atom. The summed E-state index contributed by atoms with van der Waals surface area (Å²) in [5.41, 5.74) is 2.95. The molecule has 0 saturated carbocycles. The molecule has 9 nitrogen and oxygen atoms in total. The SMILES string of the molecule is COCCCCN1C[C@H](C)N(C(=O)c2cc3c(cc2C)[nH]c(=O)c2cnn(C4CCOCC4)c23)C[C@H]1C. The van der Waals surface area contributed by atoms with E-state index in [-0.39, 0.29) is 23.6 Å². The molecule has 2 aliphatic heterocycles. The standard InChI is InChI=1S/C28H39N5O4/c1-18-13-25-23(26-24(27(34)30-25)15-29-33(26)21-7-11-37-12-8-21)14-22(18)28(35)32-17-19(2)31(16-20(32)3)9-5-6-10-36-4/h13-15,19-21H,5-12,16-17H2,1-4H3,(H,30,34)/t19-,20+/m1/s1. The molecule has 0 radical (unpaired) electrons. The molecule has 1 amide bonds. The molecular formula is C28H39N5O4. The lowest BCUT2D eigenvalue weighted by molar-refractivity contribution is 0.0306. The molecule has 0 spiro atoms. The summed E-state index contributed by atoms with van der Waals surface area (Å²) in [4.78, 5) is 34.3. The molecule has 0 unspecified atom stereocenters. The molecule has 2 aromatic heterocycles. The Morgan fingerprint density at radius 2 is 1.92 bits per heavy atom. The molecule has 3 aromatic rings. The maximum atomic E-state index is 13.9. The van der Waals surface area contributed by atoms with Crippen LogP contribution < -0.4 is 5.56 Å². The van der Waals surface area contributed by atoms with Crippen LogP contribution in [0.1, 0.15) is 61.5 Å². The molecule has 0 aliphatic carbocycles. The van der Waals surface area contributed by atoms with E-state index in [0.29, 0.717) is 36.8 Å². The number of piperazine rings is 1. The van der Waals surface area contributed by atoms with Crippen molar-refractivity contribution in [1.29, 1.82) is 0 Å². The Morgan fingerprint density at radius 1 is 1.14 bits per heavy atom. The molecule has 2 saturated heterocycles. The highest BCUT2D eigenvalue weighted by Gasteiger charge is 2.33. The number of H-pyrrole nitrogens is 1. The summed E-state index contributed by atoms with van der Waals surface area (Å²) in [7, 11) is 1.74. The Kier molecular flexibility index (Phi) is 7.65. The molecule has 1 N–H and O–H groups in total. The van der Waals surface area contributed by atoms with Gasteiger partial charge in [0.05, 0.1) is 28.7 Å². The van der Waals surface area contributed by atoms with E-state index < -0.39 is 0 Å². The molecule has 9 heteroatoms. The molecule has 5 rings (SSSR count). The van der Waals surface area contributed by atoms with Crippen LogP contribution in [0.2, 0.25) is 0 Å². The summed E-state index contributed by atoms with van der Waals surface area (Å²) in [6.07, 6.45) is 5.51. The van der Waals surface area contributed by atoms with Crippen molar-refractivity contribution in [1.82, 2.24) is 24.6 Å². The fourth-order valence-corrected chi connectivity index (χ4v) is 5.94. The highest BCUT2D eigenvalue weighted by atomic mass is 16.5. The number of carbonyl (C=O) groups is 1. The quantitative estimate of drug-likeness (QED) is 0.490. The monoisotopic (exact) mass is 509 g/mol. The summed E-state index contributed by atoms with van der Waals surface area (Å²) < 4.78 is 12.7. The first-order chi connectivity index (χ1) is 17.9. The highest BCUT2D eigenvalue weighted by molar-refractivity contribution is 6.07. The lowest BCUT2D eigenvalue weighted by Crippen LogP contribution is -2.58. The van der Waals surface area contributed by atoms with E-state index in [1.54, 1.807) is 13.3 Å². The van der Waals surface area contributed by atoms with Crippen LogP contribution >= 0.6 is 0 Å². The van der Waals surface area contributed by atoms with Gasteiger partial charge in [0.1, 0.15) is 0 Å². The van der Waals surface area contributed by atoms with Gasteiger partial charge in [0.25, 0.3) is 11.5 Å². The van der Waals surface area contributed by atoms with Crippen molar-refractivity contribution in [2.24, 2.45) is 0 Å². The predicted molar refractivity (Wildman–Crippen MR) is 144 cm³/mol. The van der Waals surface area contributed by atoms with Crippen LogP contribution in [0.5, 0.6) is 0 Å². The zero-order valence-electron chi connectivity index (χ0n) is 22.5. The van der Waals surface area contributed by atoms with E-state index in [1.165, 1.54) is 0 Å². The second-order valence-electron chi connectivity index (χ2n) is 10.7. The van der Waals surface area contributed by atoms with E-state index in [4.69, 9.17) is 9.47 Å². The van der Waals surface area contributed by atoms with E-state index in [9.17, 15) is 9.59 Å². The predicted octanol–water partition coefficient (Wildman–Crippen LogP) is 3.50. The van der Waals surface area contributed by atoms with Crippen LogP contribution in [-0.2, 0) is 9.47 Å². The van der Waals surface area contributed by atoms with Crippen molar-refractivity contribution in [2.45, 2.75) is 64.6 Å². The van der Waals surface area contributed by atoms with Crippen LogP contribution in [0.4, 0.5) is 0 Å². The van der Waals surface area contributed by atoms with Crippen molar-refractivity contribution in [3.05, 3.63) is 39.8 Å². The van der Waals surface area contributed by atoms with Gasteiger partial charge in [-0.05, 0) is 70.7 Å². The van der Waals surface area contributed by atoms with E-state index >= 15 is 0 Å². The van der Waals surface area contributed by atoms with Crippen LogP contribution in [0.3, 0.4) is 0 Å². The number of nitrogens with one attached hydrogen (secondary N) is 1. The number of hydrogen-bond donors (Lipinski definition) is 1.